The summed E-state index contributed by atoms with van der Waals surface area (Å²) in [4.78, 5) is 9.83. The standard InChI is InChI=1S/C19H18N2O2/c1-14-8-6-7-11-17(14)12-20-22-13-18-15(2)23-19(21-18)16-9-4-3-5-10-16/h3-12H,13H2,1-2H3/b20-12+. The molecule has 0 aliphatic carbocycles. The van der Waals surface area contributed by atoms with E-state index in [1.54, 1.807) is 6.21 Å². The molecule has 0 amide bonds. The van der Waals surface area contributed by atoms with E-state index in [2.05, 4.69) is 10.1 Å². The second-order valence-electron chi connectivity index (χ2n) is 5.25. The van der Waals surface area contributed by atoms with Crippen LogP contribution in [0.25, 0.3) is 11.5 Å². The Balaban J connectivity index is 1.65. The van der Waals surface area contributed by atoms with Gasteiger partial charge in [0.1, 0.15) is 11.5 Å². The summed E-state index contributed by atoms with van der Waals surface area (Å²) < 4.78 is 5.69. The van der Waals surface area contributed by atoms with Gasteiger partial charge in [0, 0.05) is 5.56 Å². The van der Waals surface area contributed by atoms with Crippen molar-refractivity contribution in [2.75, 3.05) is 0 Å². The van der Waals surface area contributed by atoms with Crippen LogP contribution in [0.4, 0.5) is 0 Å². The van der Waals surface area contributed by atoms with Gasteiger partial charge in [0.25, 0.3) is 0 Å². The minimum absolute atomic E-state index is 0.282. The first-order valence-electron chi connectivity index (χ1n) is 7.47. The Hall–Kier alpha value is -2.88. The summed E-state index contributed by atoms with van der Waals surface area (Å²) in [6, 6.07) is 17.8. The quantitative estimate of drug-likeness (QED) is 0.515. The van der Waals surface area contributed by atoms with Crippen LogP contribution in [0.1, 0.15) is 22.6 Å². The molecule has 0 spiro atoms. The van der Waals surface area contributed by atoms with E-state index in [0.717, 1.165) is 28.1 Å². The molecule has 0 saturated heterocycles. The maximum atomic E-state index is 5.69. The average molecular weight is 306 g/mol. The highest BCUT2D eigenvalue weighted by atomic mass is 16.6. The Morgan fingerprint density at radius 3 is 2.57 bits per heavy atom. The molecule has 0 N–H and O–H groups in total. The molecule has 0 aliphatic heterocycles. The zero-order valence-electron chi connectivity index (χ0n) is 13.2. The van der Waals surface area contributed by atoms with Crippen LogP contribution in [0.5, 0.6) is 0 Å². The predicted molar refractivity (Wildman–Crippen MR) is 90.2 cm³/mol. The van der Waals surface area contributed by atoms with E-state index in [9.17, 15) is 0 Å². The minimum atomic E-state index is 0.282. The number of rotatable bonds is 5. The van der Waals surface area contributed by atoms with Crippen LogP contribution < -0.4 is 0 Å². The Morgan fingerprint density at radius 2 is 1.78 bits per heavy atom. The molecule has 2 aromatic carbocycles. The lowest BCUT2D eigenvalue weighted by molar-refractivity contribution is 0.128. The number of oxazole rings is 1. The molecule has 3 rings (SSSR count). The molecular weight excluding hydrogens is 288 g/mol. The van der Waals surface area contributed by atoms with Gasteiger partial charge in [-0.05, 0) is 37.1 Å². The molecule has 0 atom stereocenters. The monoisotopic (exact) mass is 306 g/mol. The van der Waals surface area contributed by atoms with Crippen molar-refractivity contribution in [1.29, 1.82) is 0 Å². The highest BCUT2D eigenvalue weighted by Gasteiger charge is 2.11. The van der Waals surface area contributed by atoms with E-state index in [0.29, 0.717) is 5.89 Å². The van der Waals surface area contributed by atoms with Gasteiger partial charge in [-0.1, -0.05) is 47.6 Å². The van der Waals surface area contributed by atoms with Crippen molar-refractivity contribution in [2.45, 2.75) is 20.5 Å². The normalized spacial score (nSPS) is 11.0. The van der Waals surface area contributed by atoms with E-state index in [1.807, 2.05) is 68.4 Å². The lowest BCUT2D eigenvalue weighted by Crippen LogP contribution is -1.92. The summed E-state index contributed by atoms with van der Waals surface area (Å²) in [6.07, 6.45) is 1.71. The molecule has 4 nitrogen and oxygen atoms in total. The smallest absolute Gasteiger partial charge is 0.226 e. The lowest BCUT2D eigenvalue weighted by atomic mass is 10.1. The van der Waals surface area contributed by atoms with Gasteiger partial charge in [-0.2, -0.15) is 0 Å². The van der Waals surface area contributed by atoms with Crippen molar-refractivity contribution < 1.29 is 9.25 Å². The molecule has 3 aromatic rings. The summed E-state index contributed by atoms with van der Waals surface area (Å²) in [5.74, 6) is 1.35. The van der Waals surface area contributed by atoms with E-state index in [4.69, 9.17) is 9.25 Å². The summed E-state index contributed by atoms with van der Waals surface area (Å²) >= 11 is 0. The fourth-order valence-corrected chi connectivity index (χ4v) is 2.19. The van der Waals surface area contributed by atoms with E-state index >= 15 is 0 Å². The highest BCUT2D eigenvalue weighted by molar-refractivity contribution is 5.81. The van der Waals surface area contributed by atoms with E-state index in [-0.39, 0.29) is 6.61 Å². The third-order valence-electron chi connectivity index (χ3n) is 3.57. The number of hydrogen-bond acceptors (Lipinski definition) is 4. The number of hydrogen-bond donors (Lipinski definition) is 0. The molecule has 1 aromatic heterocycles. The van der Waals surface area contributed by atoms with Gasteiger partial charge in [-0.15, -0.1) is 0 Å². The van der Waals surface area contributed by atoms with Gasteiger partial charge in [-0.3, -0.25) is 0 Å². The molecule has 1 heterocycles. The summed E-state index contributed by atoms with van der Waals surface area (Å²) in [5, 5.41) is 4.01. The molecule has 0 fully saturated rings. The van der Waals surface area contributed by atoms with Crippen LogP contribution in [0, 0.1) is 13.8 Å². The topological polar surface area (TPSA) is 47.6 Å². The fraction of sp³-hybridized carbons (Fsp3) is 0.158. The Kier molecular flexibility index (Phi) is 4.52. The fourth-order valence-electron chi connectivity index (χ4n) is 2.19. The molecule has 0 unspecified atom stereocenters. The Bertz CT molecular complexity index is 807. The third kappa shape index (κ3) is 3.66. The van der Waals surface area contributed by atoms with Crippen LogP contribution >= 0.6 is 0 Å². The molecule has 0 bridgehead atoms. The van der Waals surface area contributed by atoms with Gasteiger partial charge >= 0.3 is 0 Å². The van der Waals surface area contributed by atoms with E-state index < -0.39 is 0 Å². The Labute approximate surface area is 135 Å². The molecule has 4 heteroatoms. The second kappa shape index (κ2) is 6.92. The van der Waals surface area contributed by atoms with Crippen molar-refractivity contribution in [3.8, 4) is 11.5 Å². The molecule has 0 aliphatic rings. The van der Waals surface area contributed by atoms with Crippen molar-refractivity contribution in [3.63, 3.8) is 0 Å². The lowest BCUT2D eigenvalue weighted by Gasteiger charge is -1.98. The maximum Gasteiger partial charge on any atom is 0.226 e. The number of oxime groups is 1. The summed E-state index contributed by atoms with van der Waals surface area (Å²) in [6.45, 7) is 4.20. The first kappa shape index (κ1) is 15.0. The van der Waals surface area contributed by atoms with Gasteiger partial charge < -0.3 is 9.25 Å². The zero-order valence-corrected chi connectivity index (χ0v) is 13.2. The Morgan fingerprint density at radius 1 is 1.04 bits per heavy atom. The summed E-state index contributed by atoms with van der Waals surface area (Å²) in [7, 11) is 0. The third-order valence-corrected chi connectivity index (χ3v) is 3.57. The molecule has 23 heavy (non-hydrogen) atoms. The predicted octanol–water partition coefficient (Wildman–Crippen LogP) is 4.51. The van der Waals surface area contributed by atoms with E-state index in [1.165, 1.54) is 0 Å². The van der Waals surface area contributed by atoms with Crippen molar-refractivity contribution in [1.82, 2.24) is 4.98 Å². The van der Waals surface area contributed by atoms with Gasteiger partial charge in [-0.25, -0.2) is 4.98 Å². The average Bonchev–Trinajstić information content (AvgIpc) is 2.95. The minimum Gasteiger partial charge on any atom is -0.441 e. The van der Waals surface area contributed by atoms with Crippen LogP contribution in [0.3, 0.4) is 0 Å². The molecule has 116 valence electrons. The first-order valence-corrected chi connectivity index (χ1v) is 7.47. The van der Waals surface area contributed by atoms with Gasteiger partial charge in [0.15, 0.2) is 6.61 Å². The summed E-state index contributed by atoms with van der Waals surface area (Å²) in [5.41, 5.74) is 3.90. The molecule has 0 saturated carbocycles. The molecule has 0 radical (unpaired) electrons. The number of nitrogens with zero attached hydrogens (tertiary/aromatic N) is 2. The van der Waals surface area contributed by atoms with Gasteiger partial charge in [0.2, 0.25) is 5.89 Å². The van der Waals surface area contributed by atoms with Crippen LogP contribution in [-0.4, -0.2) is 11.2 Å². The number of benzene rings is 2. The number of aromatic nitrogens is 1. The zero-order chi connectivity index (χ0) is 16.1. The van der Waals surface area contributed by atoms with Crippen LogP contribution in [-0.2, 0) is 11.4 Å². The van der Waals surface area contributed by atoms with Gasteiger partial charge in [0.05, 0.1) is 6.21 Å². The SMILES string of the molecule is Cc1ccccc1/C=N/OCc1nc(-c2ccccc2)oc1C. The highest BCUT2D eigenvalue weighted by Crippen LogP contribution is 2.21. The number of aryl methyl sites for hydroxylation is 2. The molecular formula is C19H18N2O2. The second-order valence-corrected chi connectivity index (χ2v) is 5.25. The van der Waals surface area contributed by atoms with Crippen molar-refractivity contribution in [2.24, 2.45) is 5.16 Å². The van der Waals surface area contributed by atoms with Crippen molar-refractivity contribution in [3.05, 3.63) is 77.2 Å². The maximum absolute atomic E-state index is 5.69. The van der Waals surface area contributed by atoms with Crippen LogP contribution in [0.15, 0.2) is 64.2 Å². The van der Waals surface area contributed by atoms with Crippen molar-refractivity contribution >= 4 is 6.21 Å². The first-order chi connectivity index (χ1) is 11.2. The van der Waals surface area contributed by atoms with Crippen LogP contribution in [0.2, 0.25) is 0 Å². The largest absolute Gasteiger partial charge is 0.441 e.